The number of nitrogens with zero attached hydrogens (tertiary/aromatic N) is 1. The van der Waals surface area contributed by atoms with Gasteiger partial charge in [-0.05, 0) is 13.0 Å². The molecule has 2 heterocycles. The molecule has 2 atom stereocenters. The van der Waals surface area contributed by atoms with E-state index in [9.17, 15) is 4.79 Å². The molecule has 0 spiro atoms. The molecule has 2 rings (SSSR count). The summed E-state index contributed by atoms with van der Waals surface area (Å²) in [5, 5.41) is 3.49. The first-order chi connectivity index (χ1) is 7.76. The van der Waals surface area contributed by atoms with Crippen molar-refractivity contribution in [2.24, 2.45) is 0 Å². The molecule has 4 nitrogen and oxygen atoms in total. The van der Waals surface area contributed by atoms with E-state index in [1.165, 1.54) is 12.8 Å². The van der Waals surface area contributed by atoms with E-state index in [2.05, 4.69) is 12.2 Å². The normalized spacial score (nSPS) is 32.8. The van der Waals surface area contributed by atoms with Gasteiger partial charge in [0.15, 0.2) is 0 Å². The maximum Gasteiger partial charge on any atom is 0.274 e. The Labute approximate surface area is 101 Å². The maximum atomic E-state index is 12.0. The number of amides is 1. The molecule has 1 amide bonds. The van der Waals surface area contributed by atoms with Crippen molar-refractivity contribution < 1.29 is 9.53 Å². The minimum Gasteiger partial charge on any atom is -0.353 e. The van der Waals surface area contributed by atoms with Crippen LogP contribution in [0.3, 0.4) is 0 Å². The highest BCUT2D eigenvalue weighted by molar-refractivity contribution is 8.00. The standard InChI is InChI=1S/C11H20N2O2S/c1-3-4-5-6-12-11(15-2)9(14)13-7-8-16-10(11)13/h10,12H,3-8H2,1-2H3. The number of nitrogens with one attached hydrogen (secondary N) is 1. The third-order valence-electron chi connectivity index (χ3n) is 3.31. The van der Waals surface area contributed by atoms with E-state index in [0.29, 0.717) is 0 Å². The van der Waals surface area contributed by atoms with Crippen molar-refractivity contribution >= 4 is 17.7 Å². The SMILES string of the molecule is CCCCCNC1(OC)C(=O)N2CCSC21. The Morgan fingerprint density at radius 1 is 1.62 bits per heavy atom. The van der Waals surface area contributed by atoms with Gasteiger partial charge in [-0.25, -0.2) is 0 Å². The highest BCUT2D eigenvalue weighted by atomic mass is 32.2. The number of thioether (sulfide) groups is 1. The molecule has 0 aromatic rings. The first-order valence-corrected chi connectivity index (χ1v) is 7.04. The molecule has 1 N–H and O–H groups in total. The van der Waals surface area contributed by atoms with E-state index in [4.69, 9.17) is 4.74 Å². The second kappa shape index (κ2) is 4.94. The molecule has 0 radical (unpaired) electrons. The van der Waals surface area contributed by atoms with E-state index in [-0.39, 0.29) is 11.3 Å². The van der Waals surface area contributed by atoms with Crippen molar-refractivity contribution in [3.63, 3.8) is 0 Å². The van der Waals surface area contributed by atoms with E-state index < -0.39 is 5.72 Å². The van der Waals surface area contributed by atoms with Crippen LogP contribution in [0.1, 0.15) is 26.2 Å². The van der Waals surface area contributed by atoms with Crippen LogP contribution >= 0.6 is 11.8 Å². The van der Waals surface area contributed by atoms with Crippen LogP contribution in [0.25, 0.3) is 0 Å². The monoisotopic (exact) mass is 244 g/mol. The van der Waals surface area contributed by atoms with Crippen molar-refractivity contribution in [3.05, 3.63) is 0 Å². The number of hydrogen-bond donors (Lipinski definition) is 1. The Kier molecular flexibility index (Phi) is 3.77. The topological polar surface area (TPSA) is 41.6 Å². The summed E-state index contributed by atoms with van der Waals surface area (Å²) in [6.45, 7) is 3.91. The van der Waals surface area contributed by atoms with Gasteiger partial charge < -0.3 is 9.64 Å². The number of methoxy groups -OCH3 is 1. The van der Waals surface area contributed by atoms with Gasteiger partial charge >= 0.3 is 0 Å². The summed E-state index contributed by atoms with van der Waals surface area (Å²) < 4.78 is 5.46. The van der Waals surface area contributed by atoms with Crippen molar-refractivity contribution in [1.82, 2.24) is 10.2 Å². The quantitative estimate of drug-likeness (QED) is 0.430. The Morgan fingerprint density at radius 2 is 2.44 bits per heavy atom. The predicted molar refractivity (Wildman–Crippen MR) is 65.2 cm³/mol. The number of rotatable bonds is 6. The van der Waals surface area contributed by atoms with Crippen molar-refractivity contribution in [2.45, 2.75) is 37.3 Å². The lowest BCUT2D eigenvalue weighted by Crippen LogP contribution is -2.77. The molecular weight excluding hydrogens is 224 g/mol. The van der Waals surface area contributed by atoms with E-state index in [1.807, 2.05) is 16.7 Å². The second-order valence-electron chi connectivity index (χ2n) is 4.30. The summed E-state index contributed by atoms with van der Waals surface area (Å²) in [7, 11) is 1.63. The van der Waals surface area contributed by atoms with E-state index in [1.54, 1.807) is 7.11 Å². The average molecular weight is 244 g/mol. The van der Waals surface area contributed by atoms with Gasteiger partial charge in [0, 0.05) is 19.4 Å². The summed E-state index contributed by atoms with van der Waals surface area (Å²) in [5.74, 6) is 1.14. The number of hydrogen-bond acceptors (Lipinski definition) is 4. The van der Waals surface area contributed by atoms with Crippen LogP contribution in [0, 0.1) is 0 Å². The van der Waals surface area contributed by atoms with Crippen molar-refractivity contribution in [2.75, 3.05) is 26.0 Å². The number of carbonyl (C=O) groups is 1. The second-order valence-corrected chi connectivity index (χ2v) is 5.48. The number of unbranched alkanes of at least 4 members (excludes halogenated alkanes) is 2. The number of β-lactam (4-membered cyclic amide) rings is 1. The molecule has 2 saturated heterocycles. The Morgan fingerprint density at radius 3 is 3.12 bits per heavy atom. The van der Waals surface area contributed by atoms with Crippen molar-refractivity contribution in [3.8, 4) is 0 Å². The molecular formula is C11H20N2O2S. The summed E-state index contributed by atoms with van der Waals surface area (Å²) in [5.41, 5.74) is -0.727. The van der Waals surface area contributed by atoms with Gasteiger partial charge in [-0.1, -0.05) is 19.8 Å². The molecule has 2 aliphatic heterocycles. The number of carbonyl (C=O) groups excluding carboxylic acids is 1. The molecule has 2 unspecified atom stereocenters. The lowest BCUT2D eigenvalue weighted by molar-refractivity contribution is -0.191. The van der Waals surface area contributed by atoms with E-state index in [0.717, 1.165) is 25.3 Å². The van der Waals surface area contributed by atoms with Crippen LogP contribution in [0.2, 0.25) is 0 Å². The van der Waals surface area contributed by atoms with Gasteiger partial charge in [0.2, 0.25) is 5.72 Å². The van der Waals surface area contributed by atoms with Gasteiger partial charge in [-0.15, -0.1) is 11.8 Å². The first kappa shape index (κ1) is 12.2. The molecule has 0 bridgehead atoms. The largest absolute Gasteiger partial charge is 0.353 e. The highest BCUT2D eigenvalue weighted by Crippen LogP contribution is 2.43. The Bertz CT molecular complexity index is 275. The minimum absolute atomic E-state index is 0.112. The summed E-state index contributed by atoms with van der Waals surface area (Å²) in [4.78, 5) is 13.9. The molecule has 0 aromatic carbocycles. The number of fused-ring (bicyclic) bond motifs is 1. The third kappa shape index (κ3) is 1.75. The van der Waals surface area contributed by atoms with Crippen LogP contribution in [0.5, 0.6) is 0 Å². The van der Waals surface area contributed by atoms with Crippen LogP contribution < -0.4 is 5.32 Å². The molecule has 0 aliphatic carbocycles. The first-order valence-electron chi connectivity index (χ1n) is 5.99. The van der Waals surface area contributed by atoms with Gasteiger partial charge in [-0.3, -0.25) is 10.1 Å². The zero-order chi connectivity index (χ0) is 11.6. The van der Waals surface area contributed by atoms with Gasteiger partial charge in [0.25, 0.3) is 5.91 Å². The van der Waals surface area contributed by atoms with Crippen molar-refractivity contribution in [1.29, 1.82) is 0 Å². The van der Waals surface area contributed by atoms with Crippen LogP contribution in [-0.4, -0.2) is 47.9 Å². The zero-order valence-corrected chi connectivity index (χ0v) is 10.8. The lowest BCUT2D eigenvalue weighted by Gasteiger charge is -2.51. The minimum atomic E-state index is -0.727. The molecule has 2 aliphatic rings. The maximum absolute atomic E-state index is 12.0. The Hall–Kier alpha value is -0.260. The fourth-order valence-electron chi connectivity index (χ4n) is 2.34. The summed E-state index contributed by atoms with van der Waals surface area (Å²) in [6.07, 6.45) is 3.49. The molecule has 0 saturated carbocycles. The van der Waals surface area contributed by atoms with Crippen LogP contribution in [0.4, 0.5) is 0 Å². The molecule has 2 fully saturated rings. The molecule has 0 aromatic heterocycles. The third-order valence-corrected chi connectivity index (χ3v) is 4.63. The highest BCUT2D eigenvalue weighted by Gasteiger charge is 2.63. The van der Waals surface area contributed by atoms with Gasteiger partial charge in [-0.2, -0.15) is 0 Å². The predicted octanol–water partition coefficient (Wildman–Crippen LogP) is 1.02. The van der Waals surface area contributed by atoms with Crippen LogP contribution in [0.15, 0.2) is 0 Å². The molecule has 5 heteroatoms. The average Bonchev–Trinajstić information content (AvgIpc) is 2.75. The zero-order valence-electron chi connectivity index (χ0n) is 9.99. The fourth-order valence-corrected chi connectivity index (χ4v) is 3.76. The molecule has 16 heavy (non-hydrogen) atoms. The van der Waals surface area contributed by atoms with Gasteiger partial charge in [0.05, 0.1) is 0 Å². The van der Waals surface area contributed by atoms with Crippen LogP contribution in [-0.2, 0) is 9.53 Å². The summed E-state index contributed by atoms with van der Waals surface area (Å²) in [6, 6.07) is 0. The lowest BCUT2D eigenvalue weighted by atomic mass is 10.0. The van der Waals surface area contributed by atoms with Gasteiger partial charge in [0.1, 0.15) is 5.37 Å². The molecule has 92 valence electrons. The summed E-state index contributed by atoms with van der Waals surface area (Å²) >= 11 is 1.81. The Balaban J connectivity index is 1.90. The fraction of sp³-hybridized carbons (Fsp3) is 0.909. The smallest absolute Gasteiger partial charge is 0.274 e. The van der Waals surface area contributed by atoms with E-state index >= 15 is 0 Å². The number of ether oxygens (including phenoxy) is 1.